The van der Waals surface area contributed by atoms with Gasteiger partial charge in [0.1, 0.15) is 17.5 Å². The Bertz CT molecular complexity index is 1810. The SMILES string of the molecule is CC(C)(C)OC(=O)NCc1ccnc(-n2ccc3cc(N(C(C(=O)O)C(C)(C)C)S(=O)(=O)c4cc(Cl)cc(Cl)c4)ccc32)c1. The summed E-state index contributed by atoms with van der Waals surface area (Å²) < 4.78 is 36.2. The number of alkyl carbamates (subject to hydrolysis) is 1. The maximum Gasteiger partial charge on any atom is 0.407 e. The molecule has 0 saturated carbocycles. The van der Waals surface area contributed by atoms with Crippen LogP contribution in [0.25, 0.3) is 16.7 Å². The molecule has 234 valence electrons. The average molecular weight is 662 g/mol. The van der Waals surface area contributed by atoms with Crippen LogP contribution >= 0.6 is 23.2 Å². The molecule has 0 bridgehead atoms. The summed E-state index contributed by atoms with van der Waals surface area (Å²) in [5.74, 6) is -0.750. The molecule has 1 unspecified atom stereocenters. The fourth-order valence-electron chi connectivity index (χ4n) is 4.70. The van der Waals surface area contributed by atoms with Crippen LogP contribution in [0, 0.1) is 5.41 Å². The summed E-state index contributed by atoms with van der Waals surface area (Å²) in [6.45, 7) is 10.5. The zero-order valence-electron chi connectivity index (χ0n) is 25.1. The number of sulfonamides is 1. The minimum Gasteiger partial charge on any atom is -0.480 e. The number of fused-ring (bicyclic) bond motifs is 1. The molecular weight excluding hydrogens is 627 g/mol. The van der Waals surface area contributed by atoms with Crippen LogP contribution in [0.3, 0.4) is 0 Å². The largest absolute Gasteiger partial charge is 0.480 e. The molecule has 0 aliphatic heterocycles. The van der Waals surface area contributed by atoms with Crippen LogP contribution in [0.4, 0.5) is 10.5 Å². The lowest BCUT2D eigenvalue weighted by Gasteiger charge is -2.37. The molecular formula is C31H34Cl2N4O6S. The van der Waals surface area contributed by atoms with Gasteiger partial charge < -0.3 is 19.7 Å². The summed E-state index contributed by atoms with van der Waals surface area (Å²) in [4.78, 5) is 29.0. The quantitative estimate of drug-likeness (QED) is 0.207. The van der Waals surface area contributed by atoms with Gasteiger partial charge in [0.2, 0.25) is 0 Å². The number of ether oxygens (including phenoxy) is 1. The van der Waals surface area contributed by atoms with Crippen molar-refractivity contribution in [3.63, 3.8) is 0 Å². The van der Waals surface area contributed by atoms with E-state index < -0.39 is 39.1 Å². The third-order valence-corrected chi connectivity index (χ3v) is 8.71. The number of nitrogens with one attached hydrogen (secondary N) is 1. The third-order valence-electron chi connectivity index (χ3n) is 6.50. The fourth-order valence-corrected chi connectivity index (χ4v) is 7.21. The van der Waals surface area contributed by atoms with Gasteiger partial charge in [0.15, 0.2) is 0 Å². The van der Waals surface area contributed by atoms with Gasteiger partial charge in [0.25, 0.3) is 10.0 Å². The number of hydrogen-bond donors (Lipinski definition) is 2. The predicted octanol–water partition coefficient (Wildman–Crippen LogP) is 7.05. The van der Waals surface area contributed by atoms with Crippen molar-refractivity contribution in [3.05, 3.63) is 82.6 Å². The van der Waals surface area contributed by atoms with Crippen molar-refractivity contribution < 1.29 is 27.9 Å². The van der Waals surface area contributed by atoms with Gasteiger partial charge in [-0.25, -0.2) is 23.0 Å². The Morgan fingerprint density at radius 3 is 2.25 bits per heavy atom. The number of benzene rings is 2. The number of amides is 1. The number of carboxylic acid groups (broad SMARTS) is 1. The number of hydrogen-bond acceptors (Lipinski definition) is 6. The summed E-state index contributed by atoms with van der Waals surface area (Å²) in [6.07, 6.45) is 2.85. The van der Waals surface area contributed by atoms with E-state index in [1.807, 2.05) is 10.6 Å². The van der Waals surface area contributed by atoms with Crippen molar-refractivity contribution in [2.75, 3.05) is 4.31 Å². The summed E-state index contributed by atoms with van der Waals surface area (Å²) in [6, 6.07) is 12.6. The molecule has 4 aromatic rings. The second-order valence-corrected chi connectivity index (χ2v) is 15.0. The van der Waals surface area contributed by atoms with E-state index >= 15 is 0 Å². The number of carbonyl (C=O) groups excluding carboxylic acids is 1. The number of nitrogens with zero attached hydrogens (tertiary/aromatic N) is 3. The molecule has 2 N–H and O–H groups in total. The molecule has 0 aliphatic rings. The molecule has 0 spiro atoms. The van der Waals surface area contributed by atoms with Gasteiger partial charge in [-0.15, -0.1) is 0 Å². The van der Waals surface area contributed by atoms with Crippen molar-refractivity contribution in [2.24, 2.45) is 5.41 Å². The van der Waals surface area contributed by atoms with Crippen LogP contribution in [0.5, 0.6) is 0 Å². The van der Waals surface area contributed by atoms with Crippen molar-refractivity contribution in [2.45, 2.75) is 64.6 Å². The highest BCUT2D eigenvalue weighted by molar-refractivity contribution is 7.93. The Balaban J connectivity index is 1.76. The van der Waals surface area contributed by atoms with Gasteiger partial charge in [-0.3, -0.25) is 4.31 Å². The zero-order chi connectivity index (χ0) is 32.6. The Morgan fingerprint density at radius 2 is 1.66 bits per heavy atom. The monoisotopic (exact) mass is 660 g/mol. The van der Waals surface area contributed by atoms with Crippen LogP contribution in [-0.2, 0) is 26.1 Å². The number of rotatable bonds is 8. The van der Waals surface area contributed by atoms with E-state index in [0.29, 0.717) is 16.7 Å². The Kier molecular flexibility index (Phi) is 9.25. The minimum atomic E-state index is -4.45. The number of aliphatic carboxylic acids is 1. The topological polar surface area (TPSA) is 131 Å². The van der Waals surface area contributed by atoms with Crippen LogP contribution in [0.15, 0.2) is 71.9 Å². The van der Waals surface area contributed by atoms with Gasteiger partial charge in [-0.05, 0) is 86.3 Å². The van der Waals surface area contributed by atoms with Crippen molar-refractivity contribution in [3.8, 4) is 5.82 Å². The van der Waals surface area contributed by atoms with Crippen LogP contribution in [0.2, 0.25) is 10.0 Å². The molecule has 2 aromatic heterocycles. The van der Waals surface area contributed by atoms with E-state index in [-0.39, 0.29) is 27.2 Å². The molecule has 10 nitrogen and oxygen atoms in total. The highest BCUT2D eigenvalue weighted by atomic mass is 35.5. The Hall–Kier alpha value is -3.80. The van der Waals surface area contributed by atoms with Gasteiger partial charge >= 0.3 is 12.1 Å². The second-order valence-electron chi connectivity index (χ2n) is 12.3. The van der Waals surface area contributed by atoms with E-state index in [9.17, 15) is 23.1 Å². The van der Waals surface area contributed by atoms with E-state index in [4.69, 9.17) is 27.9 Å². The normalized spacial score (nSPS) is 13.0. The van der Waals surface area contributed by atoms with Crippen LogP contribution in [0.1, 0.15) is 47.1 Å². The van der Waals surface area contributed by atoms with Gasteiger partial charge in [-0.2, -0.15) is 0 Å². The molecule has 1 amide bonds. The van der Waals surface area contributed by atoms with Gasteiger partial charge in [0, 0.05) is 34.4 Å². The fraction of sp³-hybridized carbons (Fsp3) is 0.323. The maximum absolute atomic E-state index is 14.1. The van der Waals surface area contributed by atoms with E-state index in [1.54, 1.807) is 84.3 Å². The first-order chi connectivity index (χ1) is 20.4. The lowest BCUT2D eigenvalue weighted by atomic mass is 9.86. The minimum absolute atomic E-state index is 0.0993. The average Bonchev–Trinajstić information content (AvgIpc) is 3.31. The highest BCUT2D eigenvalue weighted by Gasteiger charge is 2.43. The Labute approximate surface area is 266 Å². The first-order valence-corrected chi connectivity index (χ1v) is 15.8. The maximum atomic E-state index is 14.1. The first-order valence-electron chi connectivity index (χ1n) is 13.6. The number of anilines is 1. The number of pyridine rings is 1. The van der Waals surface area contributed by atoms with Crippen molar-refractivity contribution in [1.29, 1.82) is 0 Å². The summed E-state index contributed by atoms with van der Waals surface area (Å²) in [5, 5.41) is 13.8. The highest BCUT2D eigenvalue weighted by Crippen LogP contribution is 2.37. The predicted molar refractivity (Wildman–Crippen MR) is 171 cm³/mol. The van der Waals surface area contributed by atoms with Crippen LogP contribution in [-0.4, -0.2) is 46.8 Å². The molecule has 13 heteroatoms. The third kappa shape index (κ3) is 7.46. The standard InChI is InChI=1S/C31H34Cl2N4O6S/c1-30(2,3)27(28(38)39)37(44(41,42)24-16-21(32)15-22(33)17-24)23-7-8-25-20(14-23)10-12-36(25)26-13-19(9-11-34-26)18-35-29(40)43-31(4,5)6/h7-17,27H,18H2,1-6H3,(H,35,40)(H,38,39). The number of carboxylic acids is 1. The van der Waals surface area contributed by atoms with Gasteiger partial charge in [0.05, 0.1) is 16.1 Å². The van der Waals surface area contributed by atoms with Gasteiger partial charge in [-0.1, -0.05) is 44.0 Å². The molecule has 44 heavy (non-hydrogen) atoms. The van der Waals surface area contributed by atoms with Crippen molar-refractivity contribution in [1.82, 2.24) is 14.9 Å². The summed E-state index contributed by atoms with van der Waals surface area (Å²) in [5.41, 5.74) is 0.0106. The molecule has 0 saturated heterocycles. The van der Waals surface area contributed by atoms with E-state index in [0.717, 1.165) is 9.87 Å². The lowest BCUT2D eigenvalue weighted by molar-refractivity contribution is -0.140. The molecule has 2 aromatic carbocycles. The molecule has 0 radical (unpaired) electrons. The molecule has 4 rings (SSSR count). The summed E-state index contributed by atoms with van der Waals surface area (Å²) >= 11 is 12.3. The Morgan fingerprint density at radius 1 is 1.00 bits per heavy atom. The molecule has 1 atom stereocenters. The van der Waals surface area contributed by atoms with Crippen LogP contribution < -0.4 is 9.62 Å². The smallest absolute Gasteiger partial charge is 0.407 e. The molecule has 0 fully saturated rings. The van der Waals surface area contributed by atoms with E-state index in [2.05, 4.69) is 10.3 Å². The molecule has 2 heterocycles. The molecule has 0 aliphatic carbocycles. The number of aromatic nitrogens is 2. The first kappa shape index (κ1) is 33.1. The summed E-state index contributed by atoms with van der Waals surface area (Å²) in [7, 11) is -4.45. The van der Waals surface area contributed by atoms with Crippen molar-refractivity contribution >= 4 is 61.9 Å². The number of carbonyl (C=O) groups is 2. The number of halogens is 2. The lowest BCUT2D eigenvalue weighted by Crippen LogP contribution is -2.52. The second kappa shape index (κ2) is 12.3. The zero-order valence-corrected chi connectivity index (χ0v) is 27.5. The van der Waals surface area contributed by atoms with E-state index in [1.165, 1.54) is 18.2 Å².